The van der Waals surface area contributed by atoms with Crippen molar-refractivity contribution in [2.75, 3.05) is 19.6 Å². The zero-order valence-electron chi connectivity index (χ0n) is 17.1. The molecule has 4 rings (SSSR count). The lowest BCUT2D eigenvalue weighted by molar-refractivity contribution is -0.123. The summed E-state index contributed by atoms with van der Waals surface area (Å²) in [6, 6.07) is 6.23. The van der Waals surface area contributed by atoms with Crippen molar-refractivity contribution < 1.29 is 14.3 Å². The van der Waals surface area contributed by atoms with Gasteiger partial charge in [-0.1, -0.05) is 13.8 Å². The predicted octanol–water partition coefficient (Wildman–Crippen LogP) is 2.60. The Morgan fingerprint density at radius 2 is 1.97 bits per heavy atom. The summed E-state index contributed by atoms with van der Waals surface area (Å²) >= 11 is 0. The number of aliphatic hydroxyl groups excluding tert-OH is 1. The maximum absolute atomic E-state index is 13.3. The van der Waals surface area contributed by atoms with Crippen LogP contribution >= 0.6 is 0 Å². The van der Waals surface area contributed by atoms with Crippen molar-refractivity contribution in [3.63, 3.8) is 0 Å². The number of aromatic nitrogens is 2. The number of carbonyl (C=O) groups excluding carboxylic acids is 1. The number of rotatable bonds is 4. The van der Waals surface area contributed by atoms with E-state index in [1.807, 2.05) is 10.9 Å². The molecule has 1 aliphatic carbocycles. The predicted molar refractivity (Wildman–Crippen MR) is 108 cm³/mol. The molecule has 1 aromatic carbocycles. The van der Waals surface area contributed by atoms with Crippen molar-refractivity contribution >= 4 is 5.91 Å². The SMILES string of the molecule is CC1(C)Cc2c(cnn2-c2ccc(F)cc2)C(NC(=O)CN2CCC(O)CC2)C1. The van der Waals surface area contributed by atoms with E-state index in [2.05, 4.69) is 29.2 Å². The minimum atomic E-state index is -0.273. The smallest absolute Gasteiger partial charge is 0.234 e. The molecule has 2 heterocycles. The molecule has 1 atom stereocenters. The maximum Gasteiger partial charge on any atom is 0.234 e. The van der Waals surface area contributed by atoms with Crippen LogP contribution in [0.5, 0.6) is 0 Å². The van der Waals surface area contributed by atoms with Crippen molar-refractivity contribution in [2.24, 2.45) is 5.41 Å². The molecule has 156 valence electrons. The number of fused-ring (bicyclic) bond motifs is 1. The number of aliphatic hydroxyl groups is 1. The Balaban J connectivity index is 1.52. The van der Waals surface area contributed by atoms with Crippen LogP contribution in [0.15, 0.2) is 30.5 Å². The number of nitrogens with one attached hydrogen (secondary N) is 1. The highest BCUT2D eigenvalue weighted by Gasteiger charge is 2.36. The summed E-state index contributed by atoms with van der Waals surface area (Å²) < 4.78 is 15.2. The van der Waals surface area contributed by atoms with Gasteiger partial charge >= 0.3 is 0 Å². The van der Waals surface area contributed by atoms with Crippen LogP contribution in [-0.4, -0.2) is 51.4 Å². The number of benzene rings is 1. The van der Waals surface area contributed by atoms with Crippen molar-refractivity contribution in [1.82, 2.24) is 20.0 Å². The van der Waals surface area contributed by atoms with Crippen LogP contribution < -0.4 is 5.32 Å². The molecule has 7 heteroatoms. The molecule has 0 saturated carbocycles. The van der Waals surface area contributed by atoms with Gasteiger partial charge in [0.05, 0.1) is 36.3 Å². The van der Waals surface area contributed by atoms with E-state index in [0.717, 1.165) is 55.7 Å². The van der Waals surface area contributed by atoms with Crippen LogP contribution in [0.3, 0.4) is 0 Å². The van der Waals surface area contributed by atoms with Crippen LogP contribution in [0, 0.1) is 11.2 Å². The first kappa shape index (κ1) is 20.0. The first-order chi connectivity index (χ1) is 13.8. The number of hydrogen-bond acceptors (Lipinski definition) is 4. The molecule has 0 radical (unpaired) electrons. The van der Waals surface area contributed by atoms with E-state index in [1.54, 1.807) is 12.1 Å². The van der Waals surface area contributed by atoms with Gasteiger partial charge in [-0.15, -0.1) is 0 Å². The minimum Gasteiger partial charge on any atom is -0.393 e. The molecular weight excluding hydrogens is 371 g/mol. The molecule has 1 amide bonds. The molecule has 29 heavy (non-hydrogen) atoms. The Morgan fingerprint density at radius 1 is 1.28 bits per heavy atom. The number of amides is 1. The molecule has 2 aromatic rings. The van der Waals surface area contributed by atoms with Crippen molar-refractivity contribution in [2.45, 2.75) is 51.7 Å². The van der Waals surface area contributed by atoms with E-state index in [4.69, 9.17) is 0 Å². The first-order valence-corrected chi connectivity index (χ1v) is 10.3. The highest BCUT2D eigenvalue weighted by Crippen LogP contribution is 2.41. The summed E-state index contributed by atoms with van der Waals surface area (Å²) in [5.74, 6) is -0.268. The average Bonchev–Trinajstić information content (AvgIpc) is 3.07. The van der Waals surface area contributed by atoms with Crippen LogP contribution in [0.2, 0.25) is 0 Å². The van der Waals surface area contributed by atoms with E-state index < -0.39 is 0 Å². The lowest BCUT2D eigenvalue weighted by Crippen LogP contribution is -2.44. The van der Waals surface area contributed by atoms with Gasteiger partial charge in [0.2, 0.25) is 5.91 Å². The highest BCUT2D eigenvalue weighted by atomic mass is 19.1. The van der Waals surface area contributed by atoms with Gasteiger partial charge in [0.1, 0.15) is 5.82 Å². The van der Waals surface area contributed by atoms with Gasteiger partial charge in [-0.2, -0.15) is 5.10 Å². The second-order valence-electron chi connectivity index (χ2n) is 9.11. The van der Waals surface area contributed by atoms with Crippen LogP contribution in [0.4, 0.5) is 4.39 Å². The summed E-state index contributed by atoms with van der Waals surface area (Å²) in [6.07, 6.45) is 4.72. The van der Waals surface area contributed by atoms with Gasteiger partial charge in [-0.25, -0.2) is 9.07 Å². The molecule has 1 fully saturated rings. The van der Waals surface area contributed by atoms with Crippen LogP contribution in [0.1, 0.15) is 50.4 Å². The molecule has 0 spiro atoms. The summed E-state index contributed by atoms with van der Waals surface area (Å²) in [7, 11) is 0. The Bertz CT molecular complexity index is 869. The molecule has 2 aliphatic rings. The Labute approximate surface area is 170 Å². The van der Waals surface area contributed by atoms with Crippen molar-refractivity contribution in [3.05, 3.63) is 47.5 Å². The molecular formula is C22H29FN4O2. The second kappa shape index (κ2) is 7.88. The third kappa shape index (κ3) is 4.51. The highest BCUT2D eigenvalue weighted by molar-refractivity contribution is 5.78. The number of halogens is 1. The third-order valence-corrected chi connectivity index (χ3v) is 6.01. The van der Waals surface area contributed by atoms with E-state index in [9.17, 15) is 14.3 Å². The lowest BCUT2D eigenvalue weighted by Gasteiger charge is -2.36. The summed E-state index contributed by atoms with van der Waals surface area (Å²) in [6.45, 7) is 6.24. The number of nitrogens with zero attached hydrogens (tertiary/aromatic N) is 3. The fourth-order valence-electron chi connectivity index (χ4n) is 4.50. The fourth-order valence-corrected chi connectivity index (χ4v) is 4.50. The normalized spacial score (nSPS) is 22.3. The minimum absolute atomic E-state index is 0.00423. The zero-order valence-corrected chi connectivity index (χ0v) is 17.1. The van der Waals surface area contributed by atoms with E-state index in [-0.39, 0.29) is 29.3 Å². The third-order valence-electron chi connectivity index (χ3n) is 6.01. The maximum atomic E-state index is 13.3. The molecule has 0 bridgehead atoms. The Morgan fingerprint density at radius 3 is 2.66 bits per heavy atom. The van der Waals surface area contributed by atoms with Gasteiger partial charge in [0.15, 0.2) is 0 Å². The van der Waals surface area contributed by atoms with Crippen LogP contribution in [0.25, 0.3) is 5.69 Å². The van der Waals surface area contributed by atoms with Crippen molar-refractivity contribution in [3.8, 4) is 5.69 Å². The quantitative estimate of drug-likeness (QED) is 0.828. The van der Waals surface area contributed by atoms with Gasteiger partial charge in [-0.05, 0) is 55.4 Å². The largest absolute Gasteiger partial charge is 0.393 e. The summed E-state index contributed by atoms with van der Waals surface area (Å²) in [5.41, 5.74) is 2.94. The lowest BCUT2D eigenvalue weighted by atomic mass is 9.74. The zero-order chi connectivity index (χ0) is 20.6. The molecule has 6 nitrogen and oxygen atoms in total. The topological polar surface area (TPSA) is 70.4 Å². The summed E-state index contributed by atoms with van der Waals surface area (Å²) in [4.78, 5) is 14.8. The van der Waals surface area contributed by atoms with Crippen molar-refractivity contribution in [1.29, 1.82) is 0 Å². The van der Waals surface area contributed by atoms with E-state index >= 15 is 0 Å². The first-order valence-electron chi connectivity index (χ1n) is 10.3. The summed E-state index contributed by atoms with van der Waals surface area (Å²) in [5, 5.41) is 17.4. The number of hydrogen-bond donors (Lipinski definition) is 2. The number of likely N-dealkylation sites (tertiary alicyclic amines) is 1. The second-order valence-corrected chi connectivity index (χ2v) is 9.11. The van der Waals surface area contributed by atoms with Gasteiger partial charge in [-0.3, -0.25) is 9.69 Å². The number of piperidine rings is 1. The van der Waals surface area contributed by atoms with Gasteiger partial charge < -0.3 is 10.4 Å². The van der Waals surface area contributed by atoms with Gasteiger partial charge in [0.25, 0.3) is 0 Å². The Hall–Kier alpha value is -2.25. The van der Waals surface area contributed by atoms with Gasteiger partial charge in [0, 0.05) is 18.7 Å². The average molecular weight is 400 g/mol. The van der Waals surface area contributed by atoms with E-state index in [1.165, 1.54) is 12.1 Å². The molecule has 2 N–H and O–H groups in total. The Kier molecular flexibility index (Phi) is 5.44. The standard InChI is InChI=1S/C22H29FN4O2/c1-22(2)11-19(25-21(29)14-26-9-7-17(28)8-10-26)18-13-24-27(20(18)12-22)16-5-3-15(23)4-6-16/h3-6,13,17,19,28H,7-12,14H2,1-2H3,(H,25,29). The van der Waals surface area contributed by atoms with E-state index in [0.29, 0.717) is 6.54 Å². The van der Waals surface area contributed by atoms with Crippen LogP contribution in [-0.2, 0) is 11.2 Å². The molecule has 1 unspecified atom stereocenters. The fraction of sp³-hybridized carbons (Fsp3) is 0.545. The molecule has 1 aromatic heterocycles. The molecule has 1 aliphatic heterocycles. The molecule has 1 saturated heterocycles. The monoisotopic (exact) mass is 400 g/mol. The number of carbonyl (C=O) groups is 1.